The molecule has 9 heavy (non-hydrogen) atoms. The summed E-state index contributed by atoms with van der Waals surface area (Å²) in [6, 6.07) is 0. The Morgan fingerprint density at radius 1 is 1.67 bits per heavy atom. The quantitative estimate of drug-likeness (QED) is 0.196. The lowest BCUT2D eigenvalue weighted by Gasteiger charge is -2.05. The molecule has 5 heteroatoms. The zero-order chi connectivity index (χ0) is 6.43. The molecule has 2 unspecified atom stereocenters. The van der Waals surface area contributed by atoms with Crippen LogP contribution in [-0.4, -0.2) is 28.2 Å². The second-order valence-corrected chi connectivity index (χ2v) is 2.95. The van der Waals surface area contributed by atoms with Crippen molar-refractivity contribution in [3.8, 4) is 0 Å². The number of rotatable bonds is 0. The fourth-order valence-corrected chi connectivity index (χ4v) is 1.38. The van der Waals surface area contributed by atoms with E-state index in [0.29, 0.717) is 0 Å². The standard InChI is InChI=1S/C4H3NO3S/c6-2-1-5-3(9-5)4(7)8-2/h3H,1H2. The van der Waals surface area contributed by atoms with E-state index in [1.165, 1.54) is 11.9 Å². The van der Waals surface area contributed by atoms with Crippen LogP contribution in [0.5, 0.6) is 0 Å². The molecule has 2 atom stereocenters. The Morgan fingerprint density at radius 2 is 2.44 bits per heavy atom. The van der Waals surface area contributed by atoms with E-state index in [1.54, 1.807) is 4.31 Å². The molecular weight excluding hydrogens is 142 g/mol. The third-order valence-corrected chi connectivity index (χ3v) is 2.19. The first kappa shape index (κ1) is 5.25. The van der Waals surface area contributed by atoms with Crippen LogP contribution in [-0.2, 0) is 14.3 Å². The fourth-order valence-electron chi connectivity index (χ4n) is 0.704. The van der Waals surface area contributed by atoms with E-state index in [0.717, 1.165) is 0 Å². The van der Waals surface area contributed by atoms with Crippen molar-refractivity contribution in [1.29, 1.82) is 0 Å². The van der Waals surface area contributed by atoms with E-state index in [9.17, 15) is 9.59 Å². The van der Waals surface area contributed by atoms with Crippen LogP contribution in [0.2, 0.25) is 0 Å². The monoisotopic (exact) mass is 145 g/mol. The Morgan fingerprint density at radius 3 is 3.11 bits per heavy atom. The van der Waals surface area contributed by atoms with Gasteiger partial charge in [0.25, 0.3) is 0 Å². The summed E-state index contributed by atoms with van der Waals surface area (Å²) < 4.78 is 5.99. The van der Waals surface area contributed by atoms with Crippen molar-refractivity contribution in [2.45, 2.75) is 5.37 Å². The van der Waals surface area contributed by atoms with Crippen LogP contribution < -0.4 is 0 Å². The predicted molar refractivity (Wildman–Crippen MR) is 29.2 cm³/mol. The number of hydrogen-bond acceptors (Lipinski definition) is 5. The number of nitrogens with zero attached hydrogens (tertiary/aromatic N) is 1. The molecule has 0 aromatic carbocycles. The molecule has 4 nitrogen and oxygen atoms in total. The Balaban J connectivity index is 2.15. The van der Waals surface area contributed by atoms with Crippen molar-refractivity contribution in [3.63, 3.8) is 0 Å². The average molecular weight is 145 g/mol. The molecule has 0 N–H and O–H groups in total. The number of carbonyl (C=O) groups is 2. The summed E-state index contributed by atoms with van der Waals surface area (Å²) in [4.78, 5) is 21.0. The molecule has 0 spiro atoms. The highest BCUT2D eigenvalue weighted by atomic mass is 32.2. The minimum absolute atomic E-state index is 0.178. The maximum Gasteiger partial charge on any atom is 0.343 e. The number of hydrogen-bond donors (Lipinski definition) is 0. The minimum atomic E-state index is -0.443. The van der Waals surface area contributed by atoms with Gasteiger partial charge in [0.2, 0.25) is 0 Å². The van der Waals surface area contributed by atoms with Crippen LogP contribution in [0.4, 0.5) is 0 Å². The summed E-state index contributed by atoms with van der Waals surface area (Å²) in [6.07, 6.45) is 0. The third-order valence-electron chi connectivity index (χ3n) is 1.15. The highest BCUT2D eigenvalue weighted by Crippen LogP contribution is 2.41. The molecule has 0 saturated carbocycles. The Kier molecular flexibility index (Phi) is 0.866. The first-order valence-corrected chi connectivity index (χ1v) is 3.29. The molecule has 0 amide bonds. The van der Waals surface area contributed by atoms with Gasteiger partial charge in [-0.3, -0.25) is 4.79 Å². The van der Waals surface area contributed by atoms with Gasteiger partial charge in [0.05, 0.1) is 0 Å². The number of fused-ring (bicyclic) bond motifs is 1. The maximum absolute atomic E-state index is 10.5. The van der Waals surface area contributed by atoms with Gasteiger partial charge in [0, 0.05) is 0 Å². The van der Waals surface area contributed by atoms with Gasteiger partial charge in [-0.05, 0) is 11.9 Å². The second-order valence-electron chi connectivity index (χ2n) is 1.83. The largest absolute Gasteiger partial charge is 0.390 e. The number of morpholine rings is 1. The van der Waals surface area contributed by atoms with Gasteiger partial charge in [-0.1, -0.05) is 0 Å². The molecule has 2 saturated heterocycles. The van der Waals surface area contributed by atoms with Crippen molar-refractivity contribution in [1.82, 2.24) is 4.31 Å². The van der Waals surface area contributed by atoms with Gasteiger partial charge in [0.15, 0.2) is 5.37 Å². The minimum Gasteiger partial charge on any atom is -0.390 e. The molecule has 0 aliphatic carbocycles. The van der Waals surface area contributed by atoms with Crippen molar-refractivity contribution < 1.29 is 14.3 Å². The molecule has 48 valence electrons. The number of esters is 2. The maximum atomic E-state index is 10.5. The number of ether oxygens (including phenoxy) is 1. The molecule has 0 radical (unpaired) electrons. The van der Waals surface area contributed by atoms with Crippen LogP contribution in [0.25, 0.3) is 0 Å². The van der Waals surface area contributed by atoms with Crippen molar-refractivity contribution in [2.75, 3.05) is 6.54 Å². The Hall–Kier alpha value is -0.550. The van der Waals surface area contributed by atoms with E-state index < -0.39 is 11.9 Å². The zero-order valence-electron chi connectivity index (χ0n) is 4.36. The highest BCUT2D eigenvalue weighted by Gasteiger charge is 2.49. The normalized spacial score (nSPS) is 39.6. The van der Waals surface area contributed by atoms with Crippen molar-refractivity contribution in [3.05, 3.63) is 0 Å². The number of cyclic esters (lactones) is 2. The van der Waals surface area contributed by atoms with E-state index in [-0.39, 0.29) is 11.9 Å². The molecule has 2 fully saturated rings. The van der Waals surface area contributed by atoms with Gasteiger partial charge in [-0.15, -0.1) is 0 Å². The van der Waals surface area contributed by atoms with E-state index >= 15 is 0 Å². The topological polar surface area (TPSA) is 46.4 Å². The predicted octanol–water partition coefficient (Wildman–Crippen LogP) is -0.640. The second kappa shape index (κ2) is 1.48. The van der Waals surface area contributed by atoms with Crippen LogP contribution in [0.15, 0.2) is 0 Å². The molecular formula is C4H3NO3S. The van der Waals surface area contributed by atoms with Gasteiger partial charge in [0.1, 0.15) is 6.54 Å². The molecule has 0 aromatic heterocycles. The molecule has 0 bridgehead atoms. The smallest absolute Gasteiger partial charge is 0.343 e. The van der Waals surface area contributed by atoms with E-state index in [1.807, 2.05) is 0 Å². The summed E-state index contributed by atoms with van der Waals surface area (Å²) in [5, 5.41) is -0.178. The van der Waals surface area contributed by atoms with Gasteiger partial charge in [-0.25, -0.2) is 9.10 Å². The summed E-state index contributed by atoms with van der Waals surface area (Å²) in [6.45, 7) is 0.251. The Bertz CT molecular complexity index is 192. The van der Waals surface area contributed by atoms with Gasteiger partial charge >= 0.3 is 11.9 Å². The lowest BCUT2D eigenvalue weighted by Crippen LogP contribution is -2.31. The molecule has 2 aliphatic heterocycles. The first-order valence-electron chi connectivity index (χ1n) is 2.45. The van der Waals surface area contributed by atoms with Gasteiger partial charge < -0.3 is 4.74 Å². The summed E-state index contributed by atoms with van der Waals surface area (Å²) in [5.41, 5.74) is 0. The van der Waals surface area contributed by atoms with E-state index in [4.69, 9.17) is 0 Å². The van der Waals surface area contributed by atoms with Crippen LogP contribution in [0, 0.1) is 0 Å². The van der Waals surface area contributed by atoms with Crippen LogP contribution in [0.1, 0.15) is 0 Å². The fraction of sp³-hybridized carbons (Fsp3) is 0.500. The SMILES string of the molecule is O=C1CN2SC2C(=O)O1. The van der Waals surface area contributed by atoms with Gasteiger partial charge in [-0.2, -0.15) is 0 Å². The molecule has 2 rings (SSSR count). The average Bonchev–Trinajstić information content (AvgIpc) is 2.43. The van der Waals surface area contributed by atoms with Crippen molar-refractivity contribution in [2.24, 2.45) is 0 Å². The lowest BCUT2D eigenvalue weighted by atomic mass is 10.5. The highest BCUT2D eigenvalue weighted by molar-refractivity contribution is 8.04. The molecule has 2 heterocycles. The van der Waals surface area contributed by atoms with E-state index in [2.05, 4.69) is 4.74 Å². The van der Waals surface area contributed by atoms with Crippen LogP contribution >= 0.6 is 11.9 Å². The summed E-state index contributed by atoms with van der Waals surface area (Å²) >= 11 is 1.35. The Labute approximate surface area is 55.3 Å². The van der Waals surface area contributed by atoms with Crippen molar-refractivity contribution >= 4 is 23.9 Å². The lowest BCUT2D eigenvalue weighted by molar-refractivity contribution is -0.163. The first-order chi connectivity index (χ1) is 4.27. The summed E-state index contributed by atoms with van der Waals surface area (Å²) in [5.74, 6) is -0.863. The summed E-state index contributed by atoms with van der Waals surface area (Å²) in [7, 11) is 0. The van der Waals surface area contributed by atoms with Crippen LogP contribution in [0.3, 0.4) is 0 Å². The zero-order valence-corrected chi connectivity index (χ0v) is 5.18. The number of carbonyl (C=O) groups excluding carboxylic acids is 2. The molecule has 2 aliphatic rings. The third kappa shape index (κ3) is 0.727. The molecule has 0 aromatic rings.